The Hall–Kier alpha value is -2.43. The number of ketones is 1. The number of fused-ring (bicyclic) bond motifs is 1. The van der Waals surface area contributed by atoms with Gasteiger partial charge in [-0.1, -0.05) is 18.2 Å². The highest BCUT2D eigenvalue weighted by atomic mass is 16.6. The van der Waals surface area contributed by atoms with E-state index in [-0.39, 0.29) is 16.4 Å². The number of carbonyl (C=O) groups is 1. The first-order chi connectivity index (χ1) is 10.1. The van der Waals surface area contributed by atoms with Crippen molar-refractivity contribution < 1.29 is 9.72 Å². The van der Waals surface area contributed by atoms with Crippen LogP contribution in [0.4, 0.5) is 5.69 Å². The van der Waals surface area contributed by atoms with Gasteiger partial charge in [0.1, 0.15) is 0 Å². The van der Waals surface area contributed by atoms with E-state index >= 15 is 0 Å². The summed E-state index contributed by atoms with van der Waals surface area (Å²) in [7, 11) is 0. The number of para-hydroxylation sites is 1. The minimum absolute atomic E-state index is 0.118. The van der Waals surface area contributed by atoms with Crippen LogP contribution in [-0.2, 0) is 13.0 Å². The molecular weight excluding hydrogens is 268 g/mol. The predicted octanol–water partition coefficient (Wildman–Crippen LogP) is 3.35. The molecule has 2 aromatic rings. The Kier molecular flexibility index (Phi) is 3.56. The van der Waals surface area contributed by atoms with Crippen molar-refractivity contribution in [1.82, 2.24) is 4.57 Å². The Morgan fingerprint density at radius 2 is 1.90 bits per heavy atom. The number of nitro groups is 1. The monoisotopic (exact) mass is 284 g/mol. The predicted molar refractivity (Wildman–Crippen MR) is 78.5 cm³/mol. The fraction of sp³-hybridized carbons (Fsp3) is 0.312. The number of nitrogens with zero attached hydrogens (tertiary/aromatic N) is 2. The number of aryl methyl sites for hydroxylation is 1. The second-order valence-corrected chi connectivity index (χ2v) is 5.39. The van der Waals surface area contributed by atoms with E-state index in [1.807, 2.05) is 17.0 Å². The van der Waals surface area contributed by atoms with Crippen LogP contribution in [0.15, 0.2) is 36.7 Å². The third kappa shape index (κ3) is 2.72. The Morgan fingerprint density at radius 3 is 2.71 bits per heavy atom. The average molecular weight is 284 g/mol. The highest BCUT2D eigenvalue weighted by Gasteiger charge is 2.19. The number of rotatable bonds is 3. The summed E-state index contributed by atoms with van der Waals surface area (Å²) in [6, 6.07) is 6.72. The summed E-state index contributed by atoms with van der Waals surface area (Å²) in [5, 5.41) is 11.0. The Balaban J connectivity index is 1.92. The molecule has 0 amide bonds. The van der Waals surface area contributed by atoms with Crippen LogP contribution in [0.5, 0.6) is 0 Å². The number of nitro benzene ring substituents is 1. The molecule has 0 bridgehead atoms. The van der Waals surface area contributed by atoms with Crippen LogP contribution in [-0.4, -0.2) is 15.3 Å². The zero-order valence-corrected chi connectivity index (χ0v) is 11.6. The summed E-state index contributed by atoms with van der Waals surface area (Å²) in [6.45, 7) is 0.414. The van der Waals surface area contributed by atoms with Gasteiger partial charge >= 0.3 is 0 Å². The molecule has 1 aromatic carbocycles. The number of benzene rings is 1. The number of hydrogen-bond acceptors (Lipinski definition) is 3. The van der Waals surface area contributed by atoms with Crippen molar-refractivity contribution in [3.05, 3.63) is 63.5 Å². The van der Waals surface area contributed by atoms with Crippen molar-refractivity contribution in [2.24, 2.45) is 0 Å². The fourth-order valence-electron chi connectivity index (χ4n) is 2.85. The van der Waals surface area contributed by atoms with Crippen molar-refractivity contribution in [3.8, 4) is 0 Å². The molecule has 5 nitrogen and oxygen atoms in total. The number of carbonyl (C=O) groups excluding carboxylic acids is 1. The third-order valence-electron chi connectivity index (χ3n) is 3.90. The molecule has 0 atom stereocenters. The number of Topliss-reactive ketones (excluding diaryl/α,β-unsaturated/α-hetero) is 1. The van der Waals surface area contributed by atoms with E-state index in [0.717, 1.165) is 30.4 Å². The number of hydrogen-bond donors (Lipinski definition) is 0. The van der Waals surface area contributed by atoms with Crippen molar-refractivity contribution in [1.29, 1.82) is 0 Å². The highest BCUT2D eigenvalue weighted by molar-refractivity contribution is 5.97. The third-order valence-corrected chi connectivity index (χ3v) is 3.90. The van der Waals surface area contributed by atoms with Crippen LogP contribution in [0.2, 0.25) is 0 Å². The van der Waals surface area contributed by atoms with E-state index in [4.69, 9.17) is 0 Å². The van der Waals surface area contributed by atoms with Crippen molar-refractivity contribution >= 4 is 11.5 Å². The van der Waals surface area contributed by atoms with Gasteiger partial charge in [-0.25, -0.2) is 0 Å². The topological polar surface area (TPSA) is 65.1 Å². The van der Waals surface area contributed by atoms with E-state index in [1.54, 1.807) is 18.2 Å². The SMILES string of the molecule is O=C1CCCCc2cn(Cc3ccccc3[N+](=O)[O-])cc21. The smallest absolute Gasteiger partial charge is 0.274 e. The van der Waals surface area contributed by atoms with Crippen LogP contribution >= 0.6 is 0 Å². The zero-order valence-electron chi connectivity index (χ0n) is 11.6. The lowest BCUT2D eigenvalue weighted by Gasteiger charge is -2.04. The number of aromatic nitrogens is 1. The van der Waals surface area contributed by atoms with Crippen LogP contribution in [0.3, 0.4) is 0 Å². The summed E-state index contributed by atoms with van der Waals surface area (Å²) < 4.78 is 1.89. The highest BCUT2D eigenvalue weighted by Crippen LogP contribution is 2.24. The van der Waals surface area contributed by atoms with Gasteiger partial charge in [0.15, 0.2) is 5.78 Å². The first-order valence-corrected chi connectivity index (χ1v) is 7.09. The molecule has 0 spiro atoms. The van der Waals surface area contributed by atoms with E-state index in [2.05, 4.69) is 0 Å². The molecule has 1 heterocycles. The van der Waals surface area contributed by atoms with Crippen molar-refractivity contribution in [2.45, 2.75) is 32.2 Å². The Labute approximate surface area is 122 Å². The molecule has 1 aromatic heterocycles. The molecule has 0 radical (unpaired) electrons. The molecule has 21 heavy (non-hydrogen) atoms. The van der Waals surface area contributed by atoms with Crippen LogP contribution in [0.1, 0.15) is 40.7 Å². The molecular formula is C16H16N2O3. The normalized spacial score (nSPS) is 14.6. The van der Waals surface area contributed by atoms with Crippen LogP contribution in [0.25, 0.3) is 0 Å². The lowest BCUT2D eigenvalue weighted by atomic mass is 10.1. The fourth-order valence-corrected chi connectivity index (χ4v) is 2.85. The summed E-state index contributed by atoms with van der Waals surface area (Å²) in [5.74, 6) is 0.184. The van der Waals surface area contributed by atoms with Gasteiger partial charge in [-0.3, -0.25) is 14.9 Å². The molecule has 1 aliphatic carbocycles. The molecule has 3 rings (SSSR count). The Morgan fingerprint density at radius 1 is 1.14 bits per heavy atom. The molecule has 0 aliphatic heterocycles. The van der Waals surface area contributed by atoms with Gasteiger partial charge < -0.3 is 4.57 Å². The minimum atomic E-state index is -0.366. The molecule has 5 heteroatoms. The van der Waals surface area contributed by atoms with Crippen molar-refractivity contribution in [2.75, 3.05) is 0 Å². The summed E-state index contributed by atoms with van der Waals surface area (Å²) in [4.78, 5) is 22.7. The van der Waals surface area contributed by atoms with E-state index < -0.39 is 0 Å². The molecule has 0 saturated heterocycles. The maximum absolute atomic E-state index is 12.0. The molecule has 0 fully saturated rings. The van der Waals surface area contributed by atoms with Crippen LogP contribution in [0, 0.1) is 10.1 Å². The Bertz CT molecular complexity index is 703. The summed E-state index contributed by atoms with van der Waals surface area (Å²) in [5.41, 5.74) is 2.62. The molecule has 108 valence electrons. The van der Waals surface area contributed by atoms with Crippen LogP contribution < -0.4 is 0 Å². The van der Waals surface area contributed by atoms with Gasteiger partial charge in [0, 0.05) is 36.0 Å². The second-order valence-electron chi connectivity index (χ2n) is 5.39. The maximum Gasteiger partial charge on any atom is 0.274 e. The zero-order chi connectivity index (χ0) is 14.8. The average Bonchev–Trinajstić information content (AvgIpc) is 2.79. The van der Waals surface area contributed by atoms with Gasteiger partial charge in [0.05, 0.1) is 11.5 Å². The largest absolute Gasteiger partial charge is 0.349 e. The van der Waals surface area contributed by atoms with E-state index in [0.29, 0.717) is 18.5 Å². The molecule has 0 unspecified atom stereocenters. The summed E-state index contributed by atoms with van der Waals surface area (Å²) >= 11 is 0. The lowest BCUT2D eigenvalue weighted by molar-refractivity contribution is -0.385. The molecule has 0 N–H and O–H groups in total. The van der Waals surface area contributed by atoms with Crippen molar-refractivity contribution in [3.63, 3.8) is 0 Å². The van der Waals surface area contributed by atoms with Gasteiger partial charge in [-0.2, -0.15) is 0 Å². The summed E-state index contributed by atoms with van der Waals surface area (Å²) in [6.07, 6.45) is 7.26. The standard InChI is InChI=1S/C16H16N2O3/c19-16-8-4-2-5-12-9-17(11-14(12)16)10-13-6-1-3-7-15(13)18(20)21/h1,3,6-7,9,11H,2,4-5,8,10H2. The van der Waals surface area contributed by atoms with Gasteiger partial charge in [0.25, 0.3) is 5.69 Å². The van der Waals surface area contributed by atoms with Gasteiger partial charge in [-0.15, -0.1) is 0 Å². The van der Waals surface area contributed by atoms with Gasteiger partial charge in [-0.05, 0) is 24.8 Å². The van der Waals surface area contributed by atoms with E-state index in [1.165, 1.54) is 6.07 Å². The lowest BCUT2D eigenvalue weighted by Crippen LogP contribution is -2.02. The second kappa shape index (κ2) is 5.52. The maximum atomic E-state index is 12.0. The quantitative estimate of drug-likeness (QED) is 0.493. The first-order valence-electron chi connectivity index (χ1n) is 7.09. The minimum Gasteiger partial charge on any atom is -0.349 e. The first kappa shape index (κ1) is 13.5. The molecule has 0 saturated carbocycles. The van der Waals surface area contributed by atoms with E-state index in [9.17, 15) is 14.9 Å². The van der Waals surface area contributed by atoms with Gasteiger partial charge in [0.2, 0.25) is 0 Å². The molecule has 1 aliphatic rings.